The zero-order valence-corrected chi connectivity index (χ0v) is 18.8. The van der Waals surface area contributed by atoms with E-state index >= 15 is 0 Å². The minimum absolute atomic E-state index is 0.00629. The fourth-order valence-corrected chi connectivity index (χ4v) is 6.54. The number of nitrogens with one attached hydrogen (secondary N) is 1. The molecule has 1 spiro atoms. The molecule has 1 heterocycles. The van der Waals surface area contributed by atoms with Crippen molar-refractivity contribution in [2.24, 2.45) is 22.7 Å². The Morgan fingerprint density at radius 1 is 1.23 bits per heavy atom. The van der Waals surface area contributed by atoms with E-state index in [1.807, 2.05) is 6.07 Å². The summed E-state index contributed by atoms with van der Waals surface area (Å²) >= 11 is 0. The van der Waals surface area contributed by atoms with Crippen molar-refractivity contribution < 1.29 is 23.7 Å². The lowest BCUT2D eigenvalue weighted by molar-refractivity contribution is -0.136. The maximum atomic E-state index is 12.0. The molecule has 2 saturated carbocycles. The highest BCUT2D eigenvalue weighted by molar-refractivity contribution is 5.73. The van der Waals surface area contributed by atoms with Gasteiger partial charge in [0.05, 0.1) is 19.8 Å². The molecular formula is C24H35NO5. The van der Waals surface area contributed by atoms with Crippen LogP contribution >= 0.6 is 0 Å². The van der Waals surface area contributed by atoms with Gasteiger partial charge in [0.25, 0.3) is 0 Å². The van der Waals surface area contributed by atoms with Crippen molar-refractivity contribution in [2.45, 2.75) is 52.2 Å². The summed E-state index contributed by atoms with van der Waals surface area (Å²) in [6.07, 6.45) is 3.32. The first-order valence-electron chi connectivity index (χ1n) is 11.0. The smallest absolute Gasteiger partial charge is 0.217 e. The molecular weight excluding hydrogens is 382 g/mol. The molecule has 2 bridgehead atoms. The highest BCUT2D eigenvalue weighted by Gasteiger charge is 2.68. The van der Waals surface area contributed by atoms with Crippen LogP contribution < -0.4 is 14.8 Å². The Morgan fingerprint density at radius 3 is 2.73 bits per heavy atom. The van der Waals surface area contributed by atoms with Gasteiger partial charge in [0.2, 0.25) is 5.91 Å². The molecule has 4 rings (SSSR count). The average Bonchev–Trinajstić information content (AvgIpc) is 3.20. The van der Waals surface area contributed by atoms with Crippen molar-refractivity contribution >= 4 is 5.91 Å². The summed E-state index contributed by atoms with van der Waals surface area (Å²) in [7, 11) is 3.31. The molecule has 6 nitrogen and oxygen atoms in total. The molecule has 3 aliphatic rings. The number of carbonyl (C=O) groups excluding carboxylic acids is 1. The minimum Gasteiger partial charge on any atom is -0.493 e. The third-order valence-corrected chi connectivity index (χ3v) is 7.91. The summed E-state index contributed by atoms with van der Waals surface area (Å²) in [5.74, 6) is 2.48. The van der Waals surface area contributed by atoms with Crippen molar-refractivity contribution in [3.63, 3.8) is 0 Å². The van der Waals surface area contributed by atoms with Gasteiger partial charge in [0.15, 0.2) is 11.5 Å². The van der Waals surface area contributed by atoms with Crippen LogP contribution in [0.3, 0.4) is 0 Å². The quantitative estimate of drug-likeness (QED) is 0.685. The lowest BCUT2D eigenvalue weighted by Gasteiger charge is -2.53. The standard InChI is InChI=1S/C24H35NO5/c1-15(26)25-22-23(2,3)17-13-18-21(30-9-8-24(18,22)14-17)16-6-7-19(28-5)20(12-16)29-11-10-27-4/h6-7,12,17-18,21-22H,8-11,13-14H2,1-5H3,(H,25,26)/t17-,18-,21-,22+,24?/m1/s1. The monoisotopic (exact) mass is 417 g/mol. The van der Waals surface area contributed by atoms with Crippen LogP contribution in [0.5, 0.6) is 11.5 Å². The van der Waals surface area contributed by atoms with Crippen LogP contribution in [0.4, 0.5) is 0 Å². The van der Waals surface area contributed by atoms with Crippen LogP contribution in [0.1, 0.15) is 51.7 Å². The predicted molar refractivity (Wildman–Crippen MR) is 114 cm³/mol. The van der Waals surface area contributed by atoms with Crippen LogP contribution in [0.15, 0.2) is 18.2 Å². The van der Waals surface area contributed by atoms with E-state index in [-0.39, 0.29) is 28.9 Å². The van der Waals surface area contributed by atoms with Gasteiger partial charge in [-0.25, -0.2) is 0 Å². The van der Waals surface area contributed by atoms with E-state index in [1.54, 1.807) is 21.1 Å². The maximum absolute atomic E-state index is 12.0. The Balaban J connectivity index is 1.64. The Kier molecular flexibility index (Phi) is 5.75. The van der Waals surface area contributed by atoms with Gasteiger partial charge in [-0.3, -0.25) is 4.79 Å². The van der Waals surface area contributed by atoms with Gasteiger partial charge < -0.3 is 24.3 Å². The summed E-state index contributed by atoms with van der Waals surface area (Å²) in [6, 6.07) is 6.30. The molecule has 1 saturated heterocycles. The Labute approximate surface area is 179 Å². The van der Waals surface area contributed by atoms with Crippen LogP contribution in [0.2, 0.25) is 0 Å². The minimum atomic E-state index is 0.00629. The zero-order valence-electron chi connectivity index (χ0n) is 18.8. The number of fused-ring (bicyclic) bond motifs is 1. The van der Waals surface area contributed by atoms with Crippen molar-refractivity contribution in [3.05, 3.63) is 23.8 Å². The highest BCUT2D eigenvalue weighted by Crippen LogP contribution is 2.70. The summed E-state index contributed by atoms with van der Waals surface area (Å²) in [5.41, 5.74) is 1.33. The second-order valence-electron chi connectivity index (χ2n) is 9.72. The van der Waals surface area contributed by atoms with E-state index in [2.05, 4.69) is 31.3 Å². The van der Waals surface area contributed by atoms with E-state index in [4.69, 9.17) is 18.9 Å². The molecule has 1 aliphatic heterocycles. The van der Waals surface area contributed by atoms with E-state index in [0.717, 1.165) is 24.2 Å². The third-order valence-electron chi connectivity index (χ3n) is 7.91. The fourth-order valence-electron chi connectivity index (χ4n) is 6.54. The number of ether oxygens (including phenoxy) is 4. The topological polar surface area (TPSA) is 66.0 Å². The SMILES string of the molecule is COCCOc1cc([C@H]2OCCC34C[C@@H](C[C@H]23)C(C)(C)[C@@H]4NC(C)=O)ccc1OC. The molecule has 1 unspecified atom stereocenters. The van der Waals surface area contributed by atoms with E-state index in [0.29, 0.717) is 37.4 Å². The molecule has 3 fully saturated rings. The summed E-state index contributed by atoms with van der Waals surface area (Å²) in [4.78, 5) is 12.0. The lowest BCUT2D eigenvalue weighted by Crippen LogP contribution is -2.58. The molecule has 6 heteroatoms. The molecule has 1 aromatic carbocycles. The van der Waals surface area contributed by atoms with Crippen LogP contribution in [-0.4, -0.2) is 46.0 Å². The van der Waals surface area contributed by atoms with Gasteiger partial charge in [0.1, 0.15) is 6.61 Å². The van der Waals surface area contributed by atoms with Crippen molar-refractivity contribution in [2.75, 3.05) is 34.0 Å². The number of amides is 1. The maximum Gasteiger partial charge on any atom is 0.217 e. The van der Waals surface area contributed by atoms with E-state index in [9.17, 15) is 4.79 Å². The molecule has 5 atom stereocenters. The second-order valence-corrected chi connectivity index (χ2v) is 9.72. The van der Waals surface area contributed by atoms with Crippen LogP contribution in [0, 0.1) is 22.7 Å². The molecule has 0 radical (unpaired) electrons. The normalized spacial score (nSPS) is 33.8. The van der Waals surface area contributed by atoms with Gasteiger partial charge in [-0.15, -0.1) is 0 Å². The molecule has 166 valence electrons. The summed E-state index contributed by atoms with van der Waals surface area (Å²) < 4.78 is 22.9. The Morgan fingerprint density at radius 2 is 2.03 bits per heavy atom. The summed E-state index contributed by atoms with van der Waals surface area (Å²) in [6.45, 7) is 7.99. The van der Waals surface area contributed by atoms with Gasteiger partial charge in [-0.05, 0) is 59.6 Å². The predicted octanol–water partition coefficient (Wildman–Crippen LogP) is 3.74. The Hall–Kier alpha value is -1.79. The number of hydrogen-bond donors (Lipinski definition) is 1. The first kappa shape index (κ1) is 21.4. The average molecular weight is 418 g/mol. The van der Waals surface area contributed by atoms with Gasteiger partial charge in [0, 0.05) is 26.7 Å². The van der Waals surface area contributed by atoms with E-state index < -0.39 is 0 Å². The van der Waals surface area contributed by atoms with Crippen LogP contribution in [0.25, 0.3) is 0 Å². The van der Waals surface area contributed by atoms with Gasteiger partial charge in [-0.1, -0.05) is 19.9 Å². The second kappa shape index (κ2) is 8.04. The summed E-state index contributed by atoms with van der Waals surface area (Å²) in [5, 5.41) is 3.34. The largest absolute Gasteiger partial charge is 0.493 e. The molecule has 30 heavy (non-hydrogen) atoms. The molecule has 1 N–H and O–H groups in total. The number of methoxy groups -OCH3 is 2. The zero-order chi connectivity index (χ0) is 21.5. The highest BCUT2D eigenvalue weighted by atomic mass is 16.5. The third kappa shape index (κ3) is 3.38. The van der Waals surface area contributed by atoms with Crippen molar-refractivity contribution in [3.8, 4) is 11.5 Å². The lowest BCUT2D eigenvalue weighted by atomic mass is 9.59. The first-order chi connectivity index (χ1) is 14.3. The number of hydrogen-bond acceptors (Lipinski definition) is 5. The van der Waals surface area contributed by atoms with E-state index in [1.165, 1.54) is 6.42 Å². The first-order valence-corrected chi connectivity index (χ1v) is 11.0. The fraction of sp³-hybridized carbons (Fsp3) is 0.708. The molecule has 1 aromatic rings. The van der Waals surface area contributed by atoms with Crippen molar-refractivity contribution in [1.29, 1.82) is 0 Å². The van der Waals surface area contributed by atoms with Gasteiger partial charge >= 0.3 is 0 Å². The molecule has 0 aromatic heterocycles. The number of rotatable bonds is 7. The number of carbonyl (C=O) groups is 1. The molecule has 1 amide bonds. The molecule has 2 aliphatic carbocycles. The Bertz CT molecular complexity index is 794. The van der Waals surface area contributed by atoms with Gasteiger partial charge in [-0.2, -0.15) is 0 Å². The van der Waals surface area contributed by atoms with Crippen molar-refractivity contribution in [1.82, 2.24) is 5.32 Å². The number of benzene rings is 1. The van der Waals surface area contributed by atoms with Crippen LogP contribution in [-0.2, 0) is 14.3 Å².